The Morgan fingerprint density at radius 2 is 1.89 bits per heavy atom. The Labute approximate surface area is 107 Å². The van der Waals surface area contributed by atoms with Crippen LogP contribution in [0.15, 0.2) is 0 Å². The fraction of sp³-hybridized carbons (Fsp3) is 0.750. The van der Waals surface area contributed by atoms with Crippen LogP contribution in [-0.2, 0) is 19.1 Å². The van der Waals surface area contributed by atoms with Crippen LogP contribution in [0.25, 0.3) is 0 Å². The van der Waals surface area contributed by atoms with E-state index in [-0.39, 0.29) is 26.1 Å². The average Bonchev–Trinajstić information content (AvgIpc) is 2.21. The normalized spacial score (nSPS) is 10.7. The van der Waals surface area contributed by atoms with E-state index in [1.54, 1.807) is 27.7 Å². The van der Waals surface area contributed by atoms with E-state index in [0.29, 0.717) is 6.29 Å². The molecule has 6 heteroatoms. The van der Waals surface area contributed by atoms with Crippen LogP contribution < -0.4 is 0 Å². The highest BCUT2D eigenvalue weighted by molar-refractivity contribution is 5.78. The predicted octanol–water partition coefficient (Wildman–Crippen LogP) is 1.38. The van der Waals surface area contributed by atoms with Crippen LogP contribution >= 0.6 is 0 Å². The van der Waals surface area contributed by atoms with Gasteiger partial charge in [0.05, 0.1) is 6.61 Å². The van der Waals surface area contributed by atoms with Gasteiger partial charge in [-0.2, -0.15) is 0 Å². The molecule has 0 unspecified atom stereocenters. The fourth-order valence-electron chi connectivity index (χ4n) is 1.13. The standard InChI is InChI=1S/C12H21NO5/c1-5-17-10(15)9-13(7-6-8-14)11(16)18-12(2,3)4/h8H,5-7,9H2,1-4H3. The highest BCUT2D eigenvalue weighted by Crippen LogP contribution is 2.10. The third kappa shape index (κ3) is 7.65. The van der Waals surface area contributed by atoms with Crippen LogP contribution in [-0.4, -0.2) is 48.5 Å². The van der Waals surface area contributed by atoms with Crippen molar-refractivity contribution < 1.29 is 23.9 Å². The molecule has 0 saturated carbocycles. The second-order valence-electron chi connectivity index (χ2n) is 4.66. The summed E-state index contributed by atoms with van der Waals surface area (Å²) >= 11 is 0. The van der Waals surface area contributed by atoms with Crippen LogP contribution in [0.3, 0.4) is 0 Å². The second-order valence-corrected chi connectivity index (χ2v) is 4.66. The van der Waals surface area contributed by atoms with Gasteiger partial charge in [0.15, 0.2) is 0 Å². The molecule has 18 heavy (non-hydrogen) atoms. The predicted molar refractivity (Wildman–Crippen MR) is 65.1 cm³/mol. The van der Waals surface area contributed by atoms with Gasteiger partial charge in [0.25, 0.3) is 0 Å². The number of hydrogen-bond donors (Lipinski definition) is 0. The lowest BCUT2D eigenvalue weighted by molar-refractivity contribution is -0.144. The van der Waals surface area contributed by atoms with E-state index < -0.39 is 17.7 Å². The van der Waals surface area contributed by atoms with Crippen LogP contribution in [0.4, 0.5) is 4.79 Å². The number of ether oxygens (including phenoxy) is 2. The molecular weight excluding hydrogens is 238 g/mol. The van der Waals surface area contributed by atoms with E-state index in [1.807, 2.05) is 0 Å². The molecule has 1 amide bonds. The Balaban J connectivity index is 4.50. The molecular formula is C12H21NO5. The summed E-state index contributed by atoms with van der Waals surface area (Å²) in [6.07, 6.45) is 0.207. The van der Waals surface area contributed by atoms with Gasteiger partial charge >= 0.3 is 12.1 Å². The molecule has 0 saturated heterocycles. The van der Waals surface area contributed by atoms with Crippen molar-refractivity contribution in [3.63, 3.8) is 0 Å². The van der Waals surface area contributed by atoms with Crippen LogP contribution in [0.5, 0.6) is 0 Å². The van der Waals surface area contributed by atoms with Crippen LogP contribution in [0.1, 0.15) is 34.1 Å². The first-order valence-corrected chi connectivity index (χ1v) is 5.87. The van der Waals surface area contributed by atoms with Crippen molar-refractivity contribution in [2.75, 3.05) is 19.7 Å². The van der Waals surface area contributed by atoms with Gasteiger partial charge < -0.3 is 14.3 Å². The van der Waals surface area contributed by atoms with Crippen molar-refractivity contribution in [3.8, 4) is 0 Å². The molecule has 104 valence electrons. The van der Waals surface area contributed by atoms with E-state index >= 15 is 0 Å². The summed E-state index contributed by atoms with van der Waals surface area (Å²) < 4.78 is 9.90. The molecule has 0 N–H and O–H groups in total. The highest BCUT2D eigenvalue weighted by Gasteiger charge is 2.23. The third-order valence-corrected chi connectivity index (χ3v) is 1.79. The number of carbonyl (C=O) groups excluding carboxylic acids is 3. The van der Waals surface area contributed by atoms with E-state index in [4.69, 9.17) is 9.47 Å². The lowest BCUT2D eigenvalue weighted by Gasteiger charge is -2.26. The van der Waals surface area contributed by atoms with Crippen molar-refractivity contribution in [3.05, 3.63) is 0 Å². The Bertz CT molecular complexity index is 295. The lowest BCUT2D eigenvalue weighted by atomic mass is 10.2. The van der Waals surface area contributed by atoms with Crippen molar-refractivity contribution in [2.24, 2.45) is 0 Å². The maximum atomic E-state index is 11.8. The summed E-state index contributed by atoms with van der Waals surface area (Å²) in [6.45, 7) is 7.04. The van der Waals surface area contributed by atoms with Gasteiger partial charge in [-0.3, -0.25) is 9.69 Å². The van der Waals surface area contributed by atoms with Crippen LogP contribution in [0.2, 0.25) is 0 Å². The van der Waals surface area contributed by atoms with E-state index in [0.717, 1.165) is 4.90 Å². The van der Waals surface area contributed by atoms with E-state index in [2.05, 4.69) is 0 Å². The summed E-state index contributed by atoms with van der Waals surface area (Å²) in [5.41, 5.74) is -0.648. The maximum absolute atomic E-state index is 11.8. The molecule has 0 radical (unpaired) electrons. The average molecular weight is 259 g/mol. The van der Waals surface area contributed by atoms with Crippen LogP contribution in [0, 0.1) is 0 Å². The van der Waals surface area contributed by atoms with Gasteiger partial charge in [-0.25, -0.2) is 4.79 Å². The minimum absolute atomic E-state index is 0.136. The summed E-state index contributed by atoms with van der Waals surface area (Å²) in [5.74, 6) is -0.519. The van der Waals surface area contributed by atoms with Crippen molar-refractivity contribution >= 4 is 18.3 Å². The zero-order valence-electron chi connectivity index (χ0n) is 11.4. The molecule has 0 aromatic heterocycles. The first-order chi connectivity index (χ1) is 8.30. The first-order valence-electron chi connectivity index (χ1n) is 5.87. The minimum Gasteiger partial charge on any atom is -0.465 e. The number of hydrogen-bond acceptors (Lipinski definition) is 5. The molecule has 0 atom stereocenters. The topological polar surface area (TPSA) is 72.9 Å². The Morgan fingerprint density at radius 1 is 1.28 bits per heavy atom. The van der Waals surface area contributed by atoms with Crippen molar-refractivity contribution in [1.29, 1.82) is 0 Å². The zero-order valence-corrected chi connectivity index (χ0v) is 11.4. The Kier molecular flexibility index (Phi) is 7.00. The number of rotatable bonds is 6. The molecule has 0 aliphatic rings. The monoisotopic (exact) mass is 259 g/mol. The molecule has 0 aromatic carbocycles. The number of aldehydes is 1. The molecule has 0 aromatic rings. The largest absolute Gasteiger partial charge is 0.465 e. The summed E-state index contributed by atoms with van der Waals surface area (Å²) in [4.78, 5) is 34.6. The molecule has 0 heterocycles. The number of amides is 1. The SMILES string of the molecule is CCOC(=O)CN(CCC=O)C(=O)OC(C)(C)C. The number of carbonyl (C=O) groups is 3. The van der Waals surface area contributed by atoms with Gasteiger partial charge in [0.2, 0.25) is 0 Å². The van der Waals surface area contributed by atoms with Crippen molar-refractivity contribution in [1.82, 2.24) is 4.90 Å². The lowest BCUT2D eigenvalue weighted by Crippen LogP contribution is -2.41. The quantitative estimate of drug-likeness (QED) is 0.532. The third-order valence-electron chi connectivity index (χ3n) is 1.79. The Hall–Kier alpha value is -1.59. The van der Waals surface area contributed by atoms with Gasteiger partial charge in [0, 0.05) is 13.0 Å². The summed E-state index contributed by atoms with van der Waals surface area (Å²) in [6, 6.07) is 0. The molecule has 0 rings (SSSR count). The van der Waals surface area contributed by atoms with Gasteiger partial charge in [0.1, 0.15) is 18.4 Å². The highest BCUT2D eigenvalue weighted by atomic mass is 16.6. The molecule has 6 nitrogen and oxygen atoms in total. The van der Waals surface area contributed by atoms with Crippen molar-refractivity contribution in [2.45, 2.75) is 39.7 Å². The number of nitrogens with zero attached hydrogens (tertiary/aromatic N) is 1. The summed E-state index contributed by atoms with van der Waals surface area (Å²) in [5, 5.41) is 0. The molecule has 0 fully saturated rings. The molecule has 0 aliphatic carbocycles. The molecule has 0 bridgehead atoms. The van der Waals surface area contributed by atoms with E-state index in [1.165, 1.54) is 0 Å². The van der Waals surface area contributed by atoms with E-state index in [9.17, 15) is 14.4 Å². The summed E-state index contributed by atoms with van der Waals surface area (Å²) in [7, 11) is 0. The zero-order chi connectivity index (χ0) is 14.2. The maximum Gasteiger partial charge on any atom is 0.410 e. The Morgan fingerprint density at radius 3 is 2.33 bits per heavy atom. The van der Waals surface area contributed by atoms with Gasteiger partial charge in [-0.15, -0.1) is 0 Å². The smallest absolute Gasteiger partial charge is 0.410 e. The second kappa shape index (κ2) is 7.68. The minimum atomic E-state index is -0.648. The fourth-order valence-corrected chi connectivity index (χ4v) is 1.13. The van der Waals surface area contributed by atoms with Gasteiger partial charge in [-0.05, 0) is 27.7 Å². The van der Waals surface area contributed by atoms with Gasteiger partial charge in [-0.1, -0.05) is 0 Å². The number of esters is 1. The first kappa shape index (κ1) is 16.4. The molecule has 0 spiro atoms. The molecule has 0 aliphatic heterocycles.